The Morgan fingerprint density at radius 1 is 1.12 bits per heavy atom. The fourth-order valence-corrected chi connectivity index (χ4v) is 3.21. The van der Waals surface area contributed by atoms with E-state index in [2.05, 4.69) is 26.0 Å². The molecule has 0 spiro atoms. The van der Waals surface area contributed by atoms with Crippen LogP contribution in [-0.2, 0) is 0 Å². The van der Waals surface area contributed by atoms with Crippen LogP contribution in [0.5, 0.6) is 5.75 Å². The zero-order valence-electron chi connectivity index (χ0n) is 13.5. The van der Waals surface area contributed by atoms with Gasteiger partial charge in [-0.1, -0.05) is 15.9 Å². The molecule has 1 aliphatic rings. The lowest BCUT2D eigenvalue weighted by atomic mass is 9.98. The molecule has 0 unspecified atom stereocenters. The lowest BCUT2D eigenvalue weighted by Gasteiger charge is -2.36. The Kier molecular flexibility index (Phi) is 8.50. The average Bonchev–Trinajstić information content (AvgIpc) is 2.49. The van der Waals surface area contributed by atoms with E-state index in [1.54, 1.807) is 4.90 Å². The van der Waals surface area contributed by atoms with E-state index in [1.807, 2.05) is 0 Å². The topological polar surface area (TPSA) is 24.5 Å². The summed E-state index contributed by atoms with van der Waals surface area (Å²) in [5.41, 5.74) is 0.0952. The van der Waals surface area contributed by atoms with Crippen molar-refractivity contribution in [3.63, 3.8) is 0 Å². The van der Waals surface area contributed by atoms with E-state index in [0.717, 1.165) is 6.07 Å². The van der Waals surface area contributed by atoms with E-state index in [4.69, 9.17) is 0 Å². The van der Waals surface area contributed by atoms with Gasteiger partial charge in [-0.15, -0.1) is 25.6 Å². The summed E-state index contributed by atoms with van der Waals surface area (Å²) in [4.78, 5) is 1.76. The molecule has 0 bridgehead atoms. The molecule has 11 heteroatoms. The number of rotatable bonds is 5. The molecule has 1 saturated heterocycles. The van der Waals surface area contributed by atoms with Crippen LogP contribution in [0.25, 0.3) is 0 Å². The molecule has 1 N–H and O–H groups in total. The van der Waals surface area contributed by atoms with Gasteiger partial charge >= 0.3 is 12.5 Å². The molecular formula is C15H18BrClF6N2O. The number of benzene rings is 1. The summed E-state index contributed by atoms with van der Waals surface area (Å²) in [6.07, 6.45) is -10.7. The number of piperazine rings is 1. The standard InChI is InChI=1S/C15H17BrF6N2O.ClH/c16-10-1-2-13(25-15(20,21)22)11(9-10)12(3-4-14(17,18)19)24-7-5-23-6-8-24;/h1-2,9,12,23H,3-8H2;1H/t12-;/m1./s1. The van der Waals surface area contributed by atoms with E-state index in [0.29, 0.717) is 30.7 Å². The molecule has 0 amide bonds. The first kappa shape index (κ1) is 23.3. The number of hydrogen-bond donors (Lipinski definition) is 1. The Labute approximate surface area is 161 Å². The predicted molar refractivity (Wildman–Crippen MR) is 90.5 cm³/mol. The van der Waals surface area contributed by atoms with Gasteiger partial charge in [0.2, 0.25) is 0 Å². The van der Waals surface area contributed by atoms with Crippen LogP contribution < -0.4 is 10.1 Å². The highest BCUT2D eigenvalue weighted by atomic mass is 79.9. The Balaban J connectivity index is 0.00000338. The van der Waals surface area contributed by atoms with Crippen LogP contribution >= 0.6 is 28.3 Å². The van der Waals surface area contributed by atoms with Gasteiger partial charge in [0.1, 0.15) is 5.75 Å². The monoisotopic (exact) mass is 470 g/mol. The summed E-state index contributed by atoms with van der Waals surface area (Å²) in [6, 6.07) is 3.06. The molecule has 0 aromatic heterocycles. The smallest absolute Gasteiger partial charge is 0.405 e. The maximum absolute atomic E-state index is 12.7. The van der Waals surface area contributed by atoms with Gasteiger partial charge in [-0.25, -0.2) is 0 Å². The molecule has 1 fully saturated rings. The van der Waals surface area contributed by atoms with Gasteiger partial charge in [0.25, 0.3) is 0 Å². The van der Waals surface area contributed by atoms with Crippen LogP contribution in [0.2, 0.25) is 0 Å². The summed E-state index contributed by atoms with van der Waals surface area (Å²) in [5, 5.41) is 3.07. The van der Waals surface area contributed by atoms with Gasteiger partial charge in [0.15, 0.2) is 0 Å². The highest BCUT2D eigenvalue weighted by molar-refractivity contribution is 9.10. The number of nitrogens with one attached hydrogen (secondary N) is 1. The van der Waals surface area contributed by atoms with Gasteiger partial charge < -0.3 is 10.1 Å². The lowest BCUT2D eigenvalue weighted by Crippen LogP contribution is -2.45. The second-order valence-electron chi connectivity index (χ2n) is 5.69. The van der Waals surface area contributed by atoms with E-state index in [-0.39, 0.29) is 24.4 Å². The van der Waals surface area contributed by atoms with Gasteiger partial charge in [-0.2, -0.15) is 13.2 Å². The van der Waals surface area contributed by atoms with Gasteiger partial charge in [-0.3, -0.25) is 4.90 Å². The molecule has 1 aromatic rings. The number of halogens is 8. The van der Waals surface area contributed by atoms with Crippen LogP contribution in [0.4, 0.5) is 26.3 Å². The molecule has 1 aromatic carbocycles. The van der Waals surface area contributed by atoms with Crippen molar-refractivity contribution < 1.29 is 31.1 Å². The van der Waals surface area contributed by atoms with Crippen LogP contribution in [0.15, 0.2) is 22.7 Å². The van der Waals surface area contributed by atoms with Crippen molar-refractivity contribution in [3.8, 4) is 5.75 Å². The van der Waals surface area contributed by atoms with Crippen molar-refractivity contribution in [3.05, 3.63) is 28.2 Å². The Bertz CT molecular complexity index is 578. The van der Waals surface area contributed by atoms with Crippen molar-refractivity contribution in [2.75, 3.05) is 26.2 Å². The molecule has 0 radical (unpaired) electrons. The zero-order valence-corrected chi connectivity index (χ0v) is 15.9. The van der Waals surface area contributed by atoms with Crippen LogP contribution in [-0.4, -0.2) is 43.6 Å². The predicted octanol–water partition coefficient (Wildman–Crippen LogP) is 5.06. The summed E-state index contributed by atoms with van der Waals surface area (Å²) in [7, 11) is 0. The molecule has 2 rings (SSSR count). The Morgan fingerprint density at radius 2 is 1.73 bits per heavy atom. The molecule has 0 aliphatic carbocycles. The fourth-order valence-electron chi connectivity index (χ4n) is 2.83. The van der Waals surface area contributed by atoms with Crippen molar-refractivity contribution in [1.29, 1.82) is 0 Å². The molecule has 3 nitrogen and oxygen atoms in total. The third-order valence-electron chi connectivity index (χ3n) is 3.85. The second kappa shape index (κ2) is 9.48. The van der Waals surface area contributed by atoms with Crippen molar-refractivity contribution in [2.45, 2.75) is 31.4 Å². The first-order valence-corrected chi connectivity index (χ1v) is 8.41. The second-order valence-corrected chi connectivity index (χ2v) is 6.60. The molecule has 26 heavy (non-hydrogen) atoms. The van der Waals surface area contributed by atoms with Crippen molar-refractivity contribution in [1.82, 2.24) is 10.2 Å². The molecular weight excluding hydrogens is 454 g/mol. The van der Waals surface area contributed by atoms with E-state index in [9.17, 15) is 26.3 Å². The molecule has 150 valence electrons. The van der Waals surface area contributed by atoms with Gasteiger partial charge in [-0.05, 0) is 24.6 Å². The highest BCUT2D eigenvalue weighted by Gasteiger charge is 2.36. The number of nitrogens with zero attached hydrogens (tertiary/aromatic N) is 1. The number of hydrogen-bond acceptors (Lipinski definition) is 3. The summed E-state index contributed by atoms with van der Waals surface area (Å²) < 4.78 is 80.6. The zero-order chi connectivity index (χ0) is 18.7. The largest absolute Gasteiger partial charge is 0.573 e. The summed E-state index contributed by atoms with van der Waals surface area (Å²) in [5.74, 6) is -0.471. The maximum Gasteiger partial charge on any atom is 0.573 e. The third kappa shape index (κ3) is 7.50. The maximum atomic E-state index is 12.7. The normalized spacial score (nSPS) is 17.5. The van der Waals surface area contributed by atoms with E-state index in [1.165, 1.54) is 12.1 Å². The summed E-state index contributed by atoms with van der Waals surface area (Å²) >= 11 is 3.17. The first-order chi connectivity index (χ1) is 11.6. The van der Waals surface area contributed by atoms with Crippen LogP contribution in [0, 0.1) is 0 Å². The summed E-state index contributed by atoms with van der Waals surface area (Å²) in [6.45, 7) is 2.01. The van der Waals surface area contributed by atoms with Crippen molar-refractivity contribution >= 4 is 28.3 Å². The minimum atomic E-state index is -4.92. The fraction of sp³-hybridized carbons (Fsp3) is 0.600. The lowest BCUT2D eigenvalue weighted by molar-refractivity contribution is -0.275. The van der Waals surface area contributed by atoms with Crippen LogP contribution in [0.3, 0.4) is 0 Å². The van der Waals surface area contributed by atoms with E-state index < -0.39 is 30.8 Å². The number of alkyl halides is 6. The van der Waals surface area contributed by atoms with Crippen LogP contribution in [0.1, 0.15) is 24.4 Å². The average molecular weight is 472 g/mol. The molecule has 1 heterocycles. The molecule has 1 aliphatic heterocycles. The minimum absolute atomic E-state index is 0. The number of ether oxygens (including phenoxy) is 1. The molecule has 1 atom stereocenters. The van der Waals surface area contributed by atoms with Gasteiger partial charge in [0, 0.05) is 48.7 Å². The SMILES string of the molecule is Cl.FC(F)(F)CC[C@H](c1cc(Br)ccc1OC(F)(F)F)N1CCNCC1. The highest BCUT2D eigenvalue weighted by Crippen LogP contribution is 2.39. The quantitative estimate of drug-likeness (QED) is 0.608. The Morgan fingerprint density at radius 3 is 2.27 bits per heavy atom. The Hall–Kier alpha value is -0.710. The third-order valence-corrected chi connectivity index (χ3v) is 4.34. The van der Waals surface area contributed by atoms with E-state index >= 15 is 0 Å². The first-order valence-electron chi connectivity index (χ1n) is 7.62. The molecule has 0 saturated carbocycles. The minimum Gasteiger partial charge on any atom is -0.405 e. The van der Waals surface area contributed by atoms with Crippen molar-refractivity contribution in [2.24, 2.45) is 0 Å². The van der Waals surface area contributed by atoms with Gasteiger partial charge in [0.05, 0.1) is 0 Å².